The highest BCUT2D eigenvalue weighted by molar-refractivity contribution is 5.91. The Balaban J connectivity index is 0.00000336. The summed E-state index contributed by atoms with van der Waals surface area (Å²) in [4.78, 5) is 12.0. The smallest absolute Gasteiger partial charge is 0.336 e. The molecule has 0 bridgehead atoms. The molecule has 4 nitrogen and oxygen atoms in total. The maximum atomic E-state index is 12.0. The molecule has 0 saturated heterocycles. The second kappa shape index (κ2) is 12.0. The molecule has 3 atom stereocenters. The number of nitrogens with one attached hydrogen (secondary N) is 1. The number of carboxylic acid groups (broad SMARTS) is 1. The summed E-state index contributed by atoms with van der Waals surface area (Å²) in [6, 6.07) is 27.6. The number of para-hydroxylation sites is 1. The molecule has 0 saturated carbocycles. The summed E-state index contributed by atoms with van der Waals surface area (Å²) in [5.74, 6) is 0.175. The molecule has 1 aliphatic heterocycles. The normalized spacial score (nSPS) is 17.2. The average molecular weight is 530 g/mol. The molecule has 0 fully saturated rings. The molecule has 0 unspecified atom stereocenters. The minimum atomic E-state index is -0.861. The van der Waals surface area contributed by atoms with Gasteiger partial charge in [0.15, 0.2) is 0 Å². The van der Waals surface area contributed by atoms with Crippen LogP contribution in [-0.4, -0.2) is 23.7 Å². The number of benzene rings is 4. The van der Waals surface area contributed by atoms with E-state index < -0.39 is 5.97 Å². The zero-order valence-corrected chi connectivity index (χ0v) is 23.1. The van der Waals surface area contributed by atoms with E-state index in [4.69, 9.17) is 4.74 Å². The molecule has 1 aliphatic rings. The molecule has 2 N–H and O–H groups in total. The van der Waals surface area contributed by atoms with E-state index in [1.807, 2.05) is 38.1 Å². The number of aromatic carboxylic acids is 1. The van der Waals surface area contributed by atoms with Crippen molar-refractivity contribution in [1.82, 2.24) is 5.32 Å². The van der Waals surface area contributed by atoms with Crippen molar-refractivity contribution in [3.05, 3.63) is 112 Å². The van der Waals surface area contributed by atoms with Gasteiger partial charge in [-0.15, -0.1) is 12.4 Å². The monoisotopic (exact) mass is 529 g/mol. The van der Waals surface area contributed by atoms with Gasteiger partial charge in [0.2, 0.25) is 0 Å². The number of halogens is 1. The van der Waals surface area contributed by atoms with Crippen LogP contribution < -0.4 is 10.1 Å². The molecule has 5 rings (SSSR count). The average Bonchev–Trinajstić information content (AvgIpc) is 2.90. The van der Waals surface area contributed by atoms with Gasteiger partial charge in [0.1, 0.15) is 5.75 Å². The number of ether oxygens (including phenoxy) is 1. The van der Waals surface area contributed by atoms with Gasteiger partial charge in [-0.2, -0.15) is 0 Å². The number of hydrogen-bond acceptors (Lipinski definition) is 3. The SMILES string of the molecule is Cc1ccc([C@H]2C[C@H](CCCN[C@H](C)c3cccc4ccccc34)Oc3ccccc32)c(C)c1C(=O)O.Cl. The Morgan fingerprint density at radius 2 is 1.71 bits per heavy atom. The first kappa shape index (κ1) is 27.7. The number of carboxylic acids is 1. The fourth-order valence-electron chi connectivity index (χ4n) is 5.92. The van der Waals surface area contributed by atoms with Crippen molar-refractivity contribution in [1.29, 1.82) is 0 Å². The Morgan fingerprint density at radius 3 is 2.53 bits per heavy atom. The molecule has 4 aromatic rings. The Kier molecular flexibility index (Phi) is 8.76. The molecule has 0 spiro atoms. The highest BCUT2D eigenvalue weighted by atomic mass is 35.5. The lowest BCUT2D eigenvalue weighted by atomic mass is 9.80. The van der Waals surface area contributed by atoms with Gasteiger partial charge in [0, 0.05) is 17.5 Å². The molecule has 198 valence electrons. The number of carbonyl (C=O) groups is 1. The van der Waals surface area contributed by atoms with Crippen molar-refractivity contribution in [2.45, 2.75) is 58.1 Å². The van der Waals surface area contributed by atoms with Gasteiger partial charge >= 0.3 is 5.97 Å². The Labute approximate surface area is 231 Å². The number of hydrogen-bond donors (Lipinski definition) is 2. The van der Waals surface area contributed by atoms with Crippen LogP contribution in [0.5, 0.6) is 5.75 Å². The van der Waals surface area contributed by atoms with E-state index >= 15 is 0 Å². The maximum absolute atomic E-state index is 12.0. The third-order valence-corrected chi connectivity index (χ3v) is 7.83. The van der Waals surface area contributed by atoms with Gasteiger partial charge in [-0.3, -0.25) is 0 Å². The van der Waals surface area contributed by atoms with Gasteiger partial charge in [-0.05, 0) is 85.7 Å². The Hall–Kier alpha value is -3.34. The van der Waals surface area contributed by atoms with Crippen LogP contribution in [-0.2, 0) is 0 Å². The lowest BCUT2D eigenvalue weighted by molar-refractivity contribution is 0.0695. The molecular formula is C33H36ClNO3. The standard InChI is InChI=1S/C33H35NO3.ClH/c1-21-17-18-26(22(2)32(21)33(35)36)30-20-25(37-31-16-7-6-14-29(30)31)12-9-19-34-23(3)27-15-8-11-24-10-4-5-13-28(24)27;/h4-8,10-11,13-18,23,25,30,34H,9,12,19-20H2,1-3H3,(H,35,36);1H/t23-,25+,30-;/m1./s1. The van der Waals surface area contributed by atoms with Crippen molar-refractivity contribution >= 4 is 29.1 Å². The molecule has 4 aromatic carbocycles. The van der Waals surface area contributed by atoms with Crippen LogP contribution in [0, 0.1) is 13.8 Å². The van der Waals surface area contributed by atoms with Gasteiger partial charge in [0.05, 0.1) is 11.7 Å². The van der Waals surface area contributed by atoms with Gasteiger partial charge in [-0.25, -0.2) is 4.79 Å². The largest absolute Gasteiger partial charge is 0.490 e. The zero-order valence-electron chi connectivity index (χ0n) is 22.2. The highest BCUT2D eigenvalue weighted by Gasteiger charge is 2.31. The van der Waals surface area contributed by atoms with Crippen molar-refractivity contribution in [2.75, 3.05) is 6.54 Å². The minimum Gasteiger partial charge on any atom is -0.490 e. The van der Waals surface area contributed by atoms with E-state index in [0.29, 0.717) is 5.56 Å². The van der Waals surface area contributed by atoms with Crippen LogP contribution in [0.1, 0.15) is 76.3 Å². The summed E-state index contributed by atoms with van der Waals surface area (Å²) >= 11 is 0. The van der Waals surface area contributed by atoms with E-state index in [-0.39, 0.29) is 30.5 Å². The Bertz CT molecular complexity index is 1430. The molecule has 0 aromatic heterocycles. The van der Waals surface area contributed by atoms with Crippen LogP contribution in [0.3, 0.4) is 0 Å². The van der Waals surface area contributed by atoms with Crippen LogP contribution in [0.25, 0.3) is 10.8 Å². The van der Waals surface area contributed by atoms with Gasteiger partial charge in [0.25, 0.3) is 0 Å². The van der Waals surface area contributed by atoms with E-state index in [1.165, 1.54) is 16.3 Å². The van der Waals surface area contributed by atoms with Gasteiger partial charge < -0.3 is 15.2 Å². The third-order valence-electron chi connectivity index (χ3n) is 7.83. The molecule has 1 heterocycles. The third kappa shape index (κ3) is 5.57. The summed E-state index contributed by atoms with van der Waals surface area (Å²) in [5, 5.41) is 16.1. The van der Waals surface area contributed by atoms with Crippen LogP contribution in [0.2, 0.25) is 0 Å². The van der Waals surface area contributed by atoms with Crippen LogP contribution in [0.15, 0.2) is 78.9 Å². The quantitative estimate of drug-likeness (QED) is 0.227. The fourth-order valence-corrected chi connectivity index (χ4v) is 5.92. The van der Waals surface area contributed by atoms with E-state index in [2.05, 4.69) is 66.8 Å². The number of fused-ring (bicyclic) bond motifs is 2. The van der Waals surface area contributed by atoms with Gasteiger partial charge in [-0.1, -0.05) is 72.8 Å². The van der Waals surface area contributed by atoms with E-state index in [9.17, 15) is 9.90 Å². The van der Waals surface area contributed by atoms with E-state index in [1.54, 1.807) is 0 Å². The fraction of sp³-hybridized carbons (Fsp3) is 0.303. The lowest BCUT2D eigenvalue weighted by Gasteiger charge is -2.34. The second-order valence-corrected chi connectivity index (χ2v) is 10.2. The predicted octanol–water partition coefficient (Wildman–Crippen LogP) is 7.99. The van der Waals surface area contributed by atoms with Crippen molar-refractivity contribution < 1.29 is 14.6 Å². The zero-order chi connectivity index (χ0) is 25.9. The highest BCUT2D eigenvalue weighted by Crippen LogP contribution is 2.43. The molecule has 0 aliphatic carbocycles. The lowest BCUT2D eigenvalue weighted by Crippen LogP contribution is -2.28. The molecule has 5 heteroatoms. The summed E-state index contributed by atoms with van der Waals surface area (Å²) in [5.41, 5.74) is 5.64. The van der Waals surface area contributed by atoms with Crippen LogP contribution in [0.4, 0.5) is 0 Å². The summed E-state index contributed by atoms with van der Waals surface area (Å²) in [7, 11) is 0. The van der Waals surface area contributed by atoms with Crippen LogP contribution >= 0.6 is 12.4 Å². The second-order valence-electron chi connectivity index (χ2n) is 10.2. The minimum absolute atomic E-state index is 0. The van der Waals surface area contributed by atoms with Crippen molar-refractivity contribution in [3.63, 3.8) is 0 Å². The van der Waals surface area contributed by atoms with E-state index in [0.717, 1.165) is 53.8 Å². The Morgan fingerprint density at radius 1 is 0.974 bits per heavy atom. The summed E-state index contributed by atoms with van der Waals surface area (Å²) in [6.07, 6.45) is 2.88. The van der Waals surface area contributed by atoms with Crippen molar-refractivity contribution in [3.8, 4) is 5.75 Å². The molecule has 38 heavy (non-hydrogen) atoms. The molecule has 0 radical (unpaired) electrons. The number of aryl methyl sites for hydroxylation is 1. The summed E-state index contributed by atoms with van der Waals surface area (Å²) in [6.45, 7) is 6.94. The maximum Gasteiger partial charge on any atom is 0.336 e. The van der Waals surface area contributed by atoms with Crippen molar-refractivity contribution in [2.24, 2.45) is 0 Å². The number of rotatable bonds is 8. The predicted molar refractivity (Wildman–Crippen MR) is 157 cm³/mol. The molecular weight excluding hydrogens is 494 g/mol. The topological polar surface area (TPSA) is 58.6 Å². The first-order valence-corrected chi connectivity index (χ1v) is 13.2. The first-order chi connectivity index (χ1) is 17.9. The first-order valence-electron chi connectivity index (χ1n) is 13.2. The molecule has 0 amide bonds. The summed E-state index contributed by atoms with van der Waals surface area (Å²) < 4.78 is 6.43.